The fraction of sp³-hybridized carbons (Fsp3) is 0.462. The van der Waals surface area contributed by atoms with Crippen LogP contribution < -0.4 is 10.6 Å². The number of amides is 1. The second-order valence-corrected chi connectivity index (χ2v) is 4.69. The van der Waals surface area contributed by atoms with E-state index in [-0.39, 0.29) is 6.42 Å². The predicted octanol–water partition coefficient (Wildman–Crippen LogP) is 2.43. The molecule has 1 aromatic carbocycles. The summed E-state index contributed by atoms with van der Waals surface area (Å²) in [6.07, 6.45) is 1.87. The Morgan fingerprint density at radius 3 is 2.58 bits per heavy atom. The summed E-state index contributed by atoms with van der Waals surface area (Å²) in [7, 11) is 0. The van der Waals surface area contributed by atoms with Crippen molar-refractivity contribution in [2.45, 2.75) is 19.3 Å². The van der Waals surface area contributed by atoms with Crippen molar-refractivity contribution in [2.75, 3.05) is 18.4 Å². The van der Waals surface area contributed by atoms with Gasteiger partial charge in [-0.1, -0.05) is 0 Å². The van der Waals surface area contributed by atoms with Crippen LogP contribution in [-0.4, -0.2) is 19.0 Å². The molecule has 1 fully saturated rings. The first-order valence-electron chi connectivity index (χ1n) is 6.21. The third-order valence-electron chi connectivity index (χ3n) is 3.21. The predicted molar refractivity (Wildman–Crippen MR) is 65.2 cm³/mol. The lowest BCUT2D eigenvalue weighted by Crippen LogP contribution is -2.16. The van der Waals surface area contributed by atoms with Crippen LogP contribution in [0, 0.1) is 23.4 Å². The van der Waals surface area contributed by atoms with E-state index in [1.165, 1.54) is 0 Å². The lowest BCUT2D eigenvalue weighted by atomic mass is 10.0. The van der Waals surface area contributed by atoms with Crippen molar-refractivity contribution in [3.8, 4) is 0 Å². The Labute approximate surface area is 109 Å². The summed E-state index contributed by atoms with van der Waals surface area (Å²) < 4.78 is 39.3. The molecule has 6 heteroatoms. The van der Waals surface area contributed by atoms with E-state index < -0.39 is 29.0 Å². The van der Waals surface area contributed by atoms with E-state index in [0.717, 1.165) is 19.5 Å². The molecule has 2 N–H and O–H groups in total. The monoisotopic (exact) mass is 272 g/mol. The first-order valence-corrected chi connectivity index (χ1v) is 6.21. The topological polar surface area (TPSA) is 41.1 Å². The molecule has 1 heterocycles. The molecule has 1 saturated heterocycles. The fourth-order valence-corrected chi connectivity index (χ4v) is 2.16. The minimum absolute atomic E-state index is 0.197. The maximum Gasteiger partial charge on any atom is 0.224 e. The second kappa shape index (κ2) is 6.06. The van der Waals surface area contributed by atoms with Gasteiger partial charge in [0.1, 0.15) is 11.5 Å². The quantitative estimate of drug-likeness (QED) is 0.884. The van der Waals surface area contributed by atoms with Crippen LogP contribution in [-0.2, 0) is 4.79 Å². The number of carbonyl (C=O) groups is 1. The van der Waals surface area contributed by atoms with E-state index in [1.807, 2.05) is 0 Å². The van der Waals surface area contributed by atoms with E-state index in [1.54, 1.807) is 0 Å². The highest BCUT2D eigenvalue weighted by Gasteiger charge is 2.18. The largest absolute Gasteiger partial charge is 0.321 e. The maximum absolute atomic E-state index is 13.3. The highest BCUT2D eigenvalue weighted by Crippen LogP contribution is 2.21. The van der Waals surface area contributed by atoms with Crippen LogP contribution in [0.2, 0.25) is 0 Å². The van der Waals surface area contributed by atoms with Gasteiger partial charge in [-0.15, -0.1) is 0 Å². The van der Waals surface area contributed by atoms with Gasteiger partial charge in [0.2, 0.25) is 5.91 Å². The zero-order chi connectivity index (χ0) is 13.8. The van der Waals surface area contributed by atoms with Crippen LogP contribution in [0.5, 0.6) is 0 Å². The molecule has 1 unspecified atom stereocenters. The summed E-state index contributed by atoms with van der Waals surface area (Å²) in [4.78, 5) is 11.6. The van der Waals surface area contributed by atoms with Gasteiger partial charge in [-0.2, -0.15) is 0 Å². The first kappa shape index (κ1) is 13.9. The van der Waals surface area contributed by atoms with Gasteiger partial charge in [-0.05, 0) is 31.8 Å². The minimum atomic E-state index is -1.10. The maximum atomic E-state index is 13.3. The van der Waals surface area contributed by atoms with Gasteiger partial charge in [-0.25, -0.2) is 13.2 Å². The third kappa shape index (κ3) is 3.70. The van der Waals surface area contributed by atoms with Crippen LogP contribution >= 0.6 is 0 Å². The van der Waals surface area contributed by atoms with E-state index in [9.17, 15) is 18.0 Å². The molecule has 0 bridgehead atoms. The lowest BCUT2D eigenvalue weighted by molar-refractivity contribution is -0.116. The van der Waals surface area contributed by atoms with Crippen LogP contribution in [0.1, 0.15) is 19.3 Å². The average molecular weight is 272 g/mol. The molecule has 0 spiro atoms. The van der Waals surface area contributed by atoms with Crippen molar-refractivity contribution in [1.82, 2.24) is 5.32 Å². The van der Waals surface area contributed by atoms with E-state index in [4.69, 9.17) is 0 Å². The SMILES string of the molecule is O=C(CCC1CCNC1)Nc1c(F)cc(F)cc1F. The van der Waals surface area contributed by atoms with Gasteiger partial charge < -0.3 is 10.6 Å². The zero-order valence-electron chi connectivity index (χ0n) is 10.3. The molecule has 104 valence electrons. The molecule has 1 atom stereocenters. The van der Waals surface area contributed by atoms with Crippen molar-refractivity contribution in [1.29, 1.82) is 0 Å². The van der Waals surface area contributed by atoms with Gasteiger partial charge >= 0.3 is 0 Å². The Bertz CT molecular complexity index is 450. The van der Waals surface area contributed by atoms with Crippen molar-refractivity contribution in [3.05, 3.63) is 29.6 Å². The molecule has 1 aliphatic heterocycles. The van der Waals surface area contributed by atoms with E-state index in [0.29, 0.717) is 24.5 Å². The van der Waals surface area contributed by atoms with Crippen molar-refractivity contribution in [2.24, 2.45) is 5.92 Å². The second-order valence-electron chi connectivity index (χ2n) is 4.69. The molecule has 0 radical (unpaired) electrons. The number of hydrogen-bond acceptors (Lipinski definition) is 2. The Morgan fingerprint density at radius 1 is 1.32 bits per heavy atom. The first-order chi connectivity index (χ1) is 9.06. The number of halogens is 3. The van der Waals surface area contributed by atoms with Gasteiger partial charge in [0.05, 0.1) is 0 Å². The van der Waals surface area contributed by atoms with Gasteiger partial charge in [0.15, 0.2) is 11.6 Å². The smallest absolute Gasteiger partial charge is 0.224 e. The van der Waals surface area contributed by atoms with Crippen LogP contribution in [0.15, 0.2) is 12.1 Å². The van der Waals surface area contributed by atoms with Crippen LogP contribution in [0.25, 0.3) is 0 Å². The number of benzene rings is 1. The Kier molecular flexibility index (Phi) is 4.42. The highest BCUT2D eigenvalue weighted by molar-refractivity contribution is 5.90. The number of nitrogens with one attached hydrogen (secondary N) is 2. The van der Waals surface area contributed by atoms with Crippen LogP contribution in [0.3, 0.4) is 0 Å². The average Bonchev–Trinajstić information content (AvgIpc) is 2.84. The molecule has 0 aromatic heterocycles. The summed E-state index contributed by atoms with van der Waals surface area (Å²) in [5.41, 5.74) is -0.587. The normalized spacial score (nSPS) is 18.6. The van der Waals surface area contributed by atoms with E-state index in [2.05, 4.69) is 10.6 Å². The molecule has 1 amide bonds. The van der Waals surface area contributed by atoms with Crippen LogP contribution in [0.4, 0.5) is 18.9 Å². The lowest BCUT2D eigenvalue weighted by Gasteiger charge is -2.10. The Morgan fingerprint density at radius 2 is 2.00 bits per heavy atom. The molecule has 2 rings (SSSR count). The molecule has 19 heavy (non-hydrogen) atoms. The summed E-state index contributed by atoms with van der Waals surface area (Å²) >= 11 is 0. The molecular weight excluding hydrogens is 257 g/mol. The summed E-state index contributed by atoms with van der Waals surface area (Å²) in [6.45, 7) is 1.81. The molecule has 3 nitrogen and oxygen atoms in total. The number of anilines is 1. The van der Waals surface area contributed by atoms with Gasteiger partial charge in [0.25, 0.3) is 0 Å². The minimum Gasteiger partial charge on any atom is -0.321 e. The number of carbonyl (C=O) groups excluding carboxylic acids is 1. The molecule has 0 saturated carbocycles. The molecular formula is C13H15F3N2O. The molecule has 1 aromatic rings. The Hall–Kier alpha value is -1.56. The summed E-state index contributed by atoms with van der Waals surface area (Å²) in [5.74, 6) is -3.25. The molecule has 1 aliphatic rings. The van der Waals surface area contributed by atoms with Crippen molar-refractivity contribution in [3.63, 3.8) is 0 Å². The molecule has 0 aliphatic carbocycles. The zero-order valence-corrected chi connectivity index (χ0v) is 10.3. The van der Waals surface area contributed by atoms with Gasteiger partial charge in [0, 0.05) is 18.6 Å². The fourth-order valence-electron chi connectivity index (χ4n) is 2.16. The van der Waals surface area contributed by atoms with Crippen molar-refractivity contribution < 1.29 is 18.0 Å². The van der Waals surface area contributed by atoms with Crippen molar-refractivity contribution >= 4 is 11.6 Å². The third-order valence-corrected chi connectivity index (χ3v) is 3.21. The van der Waals surface area contributed by atoms with Gasteiger partial charge in [-0.3, -0.25) is 4.79 Å². The summed E-state index contributed by atoms with van der Waals surface area (Å²) in [6, 6.07) is 1.08. The number of hydrogen-bond donors (Lipinski definition) is 2. The Balaban J connectivity index is 1.91. The highest BCUT2D eigenvalue weighted by atomic mass is 19.1. The number of rotatable bonds is 4. The van der Waals surface area contributed by atoms with E-state index >= 15 is 0 Å². The standard InChI is InChI=1S/C13H15F3N2O/c14-9-5-10(15)13(11(16)6-9)18-12(19)2-1-8-3-4-17-7-8/h5-6,8,17H,1-4,7H2,(H,18,19). The summed E-state index contributed by atoms with van der Waals surface area (Å²) in [5, 5.41) is 5.33.